The van der Waals surface area contributed by atoms with Crippen molar-refractivity contribution in [3.63, 3.8) is 0 Å². The summed E-state index contributed by atoms with van der Waals surface area (Å²) in [5, 5.41) is 3.86. The number of hydrogen-bond acceptors (Lipinski definition) is 6. The minimum atomic E-state index is -4.50. The summed E-state index contributed by atoms with van der Waals surface area (Å²) in [6, 6.07) is 0.861. The third-order valence-corrected chi connectivity index (χ3v) is 5.25. The van der Waals surface area contributed by atoms with Gasteiger partial charge in [0.15, 0.2) is 0 Å². The van der Waals surface area contributed by atoms with Gasteiger partial charge in [-0.05, 0) is 26.7 Å². The molecule has 1 aliphatic rings. The molecule has 0 bridgehead atoms. The lowest BCUT2D eigenvalue weighted by Gasteiger charge is -2.32. The van der Waals surface area contributed by atoms with Crippen LogP contribution in [0.1, 0.15) is 38.9 Å². The second kappa shape index (κ2) is 7.18. The summed E-state index contributed by atoms with van der Waals surface area (Å²) in [4.78, 5) is 26.4. The maximum atomic E-state index is 12.7. The Morgan fingerprint density at radius 3 is 2.54 bits per heavy atom. The van der Waals surface area contributed by atoms with Crippen LogP contribution in [0, 0.1) is 13.8 Å². The molecule has 10 heteroatoms. The average molecular weight is 385 g/mol. The summed E-state index contributed by atoms with van der Waals surface area (Å²) >= 11 is 1.38. The quantitative estimate of drug-likeness (QED) is 0.878. The number of carbonyl (C=O) groups excluding carboxylic acids is 1. The zero-order chi connectivity index (χ0) is 18.9. The molecule has 0 radical (unpaired) electrons. The molecule has 1 saturated heterocycles. The lowest BCUT2D eigenvalue weighted by Crippen LogP contribution is -2.42. The first kappa shape index (κ1) is 18.6. The molecule has 1 N–H and O–H groups in total. The summed E-state index contributed by atoms with van der Waals surface area (Å²) in [6.45, 7) is 4.74. The Kier molecular flexibility index (Phi) is 5.12. The van der Waals surface area contributed by atoms with Gasteiger partial charge >= 0.3 is 6.18 Å². The molecule has 6 nitrogen and oxygen atoms in total. The Labute approximate surface area is 152 Å². The van der Waals surface area contributed by atoms with Crippen molar-refractivity contribution >= 4 is 23.1 Å². The highest BCUT2D eigenvalue weighted by molar-refractivity contribution is 7.13. The molecule has 2 aromatic rings. The van der Waals surface area contributed by atoms with E-state index in [2.05, 4.69) is 20.3 Å². The number of aromatic nitrogens is 3. The van der Waals surface area contributed by atoms with Crippen LogP contribution in [0.25, 0.3) is 0 Å². The zero-order valence-electron chi connectivity index (χ0n) is 14.3. The Morgan fingerprint density at radius 1 is 1.27 bits per heavy atom. The van der Waals surface area contributed by atoms with Gasteiger partial charge in [0.05, 0.1) is 10.7 Å². The van der Waals surface area contributed by atoms with Gasteiger partial charge in [-0.1, -0.05) is 0 Å². The molecule has 2 aromatic heterocycles. The van der Waals surface area contributed by atoms with Gasteiger partial charge in [0.25, 0.3) is 5.91 Å². The third kappa shape index (κ3) is 4.12. The van der Waals surface area contributed by atoms with Gasteiger partial charge in [-0.2, -0.15) is 13.2 Å². The largest absolute Gasteiger partial charge is 0.433 e. The second-order valence-electron chi connectivity index (χ2n) is 6.14. The van der Waals surface area contributed by atoms with E-state index in [1.807, 2.05) is 13.8 Å². The van der Waals surface area contributed by atoms with Crippen molar-refractivity contribution in [1.29, 1.82) is 0 Å². The number of thiazole rings is 1. The maximum absolute atomic E-state index is 12.7. The van der Waals surface area contributed by atoms with Crippen LogP contribution in [-0.4, -0.2) is 44.9 Å². The molecule has 3 heterocycles. The molecule has 26 heavy (non-hydrogen) atoms. The third-order valence-electron chi connectivity index (χ3n) is 4.19. The van der Waals surface area contributed by atoms with Crippen LogP contribution >= 0.6 is 11.3 Å². The molecule has 3 rings (SSSR count). The van der Waals surface area contributed by atoms with Crippen molar-refractivity contribution in [2.75, 3.05) is 18.4 Å². The fraction of sp³-hybridized carbons (Fsp3) is 0.500. The predicted octanol–water partition coefficient (Wildman–Crippen LogP) is 3.29. The highest BCUT2D eigenvalue weighted by atomic mass is 32.1. The molecule has 0 spiro atoms. The number of likely N-dealkylation sites (tertiary alicyclic amines) is 1. The average Bonchev–Trinajstić information content (AvgIpc) is 2.93. The number of carbonyl (C=O) groups is 1. The number of anilines is 1. The van der Waals surface area contributed by atoms with Crippen molar-refractivity contribution in [3.05, 3.63) is 33.7 Å². The molecule has 0 aliphatic carbocycles. The smallest absolute Gasteiger partial charge is 0.367 e. The Morgan fingerprint density at radius 2 is 1.96 bits per heavy atom. The Balaban J connectivity index is 1.59. The van der Waals surface area contributed by atoms with Crippen LogP contribution in [0.5, 0.6) is 0 Å². The standard InChI is InChI=1S/C16H18F3N5OS/c1-9-14(26-10(2)22-9)15(25)24-5-3-11(4-6-24)23-13-7-12(16(17,18)19)20-8-21-13/h7-8,11H,3-6H2,1-2H3,(H,20,21,23). The summed E-state index contributed by atoms with van der Waals surface area (Å²) < 4.78 is 38.1. The van der Waals surface area contributed by atoms with Crippen LogP contribution in [0.4, 0.5) is 19.0 Å². The SMILES string of the molecule is Cc1nc(C)c(C(=O)N2CCC(Nc3cc(C(F)(F)F)ncn3)CC2)s1. The van der Waals surface area contributed by atoms with E-state index in [-0.39, 0.29) is 17.8 Å². The van der Waals surface area contributed by atoms with Crippen LogP contribution in [0.15, 0.2) is 12.4 Å². The van der Waals surface area contributed by atoms with E-state index in [0.29, 0.717) is 30.8 Å². The van der Waals surface area contributed by atoms with Gasteiger partial charge in [-0.25, -0.2) is 15.0 Å². The van der Waals surface area contributed by atoms with Gasteiger partial charge in [0, 0.05) is 25.2 Å². The van der Waals surface area contributed by atoms with E-state index in [1.165, 1.54) is 11.3 Å². The molecular formula is C16H18F3N5OS. The van der Waals surface area contributed by atoms with Gasteiger partial charge in [0.2, 0.25) is 0 Å². The van der Waals surface area contributed by atoms with Crippen molar-refractivity contribution in [1.82, 2.24) is 19.9 Å². The molecule has 1 fully saturated rings. The second-order valence-corrected chi connectivity index (χ2v) is 7.35. The molecule has 140 valence electrons. The van der Waals surface area contributed by atoms with E-state index >= 15 is 0 Å². The van der Waals surface area contributed by atoms with Crippen LogP contribution < -0.4 is 5.32 Å². The number of rotatable bonds is 3. The Hall–Kier alpha value is -2.23. The molecule has 1 aliphatic heterocycles. The Bertz CT molecular complexity index is 799. The van der Waals surface area contributed by atoms with E-state index < -0.39 is 11.9 Å². The van der Waals surface area contributed by atoms with E-state index in [1.54, 1.807) is 4.90 Å². The van der Waals surface area contributed by atoms with Crippen LogP contribution in [0.3, 0.4) is 0 Å². The summed E-state index contributed by atoms with van der Waals surface area (Å²) in [6.07, 6.45) is -2.33. The summed E-state index contributed by atoms with van der Waals surface area (Å²) in [7, 11) is 0. The van der Waals surface area contributed by atoms with Crippen molar-refractivity contribution in [2.24, 2.45) is 0 Å². The highest BCUT2D eigenvalue weighted by Gasteiger charge is 2.33. The van der Waals surface area contributed by atoms with Gasteiger partial charge in [0.1, 0.15) is 22.7 Å². The minimum absolute atomic E-state index is 0.0343. The van der Waals surface area contributed by atoms with E-state index in [0.717, 1.165) is 23.1 Å². The number of nitrogens with zero attached hydrogens (tertiary/aromatic N) is 4. The minimum Gasteiger partial charge on any atom is -0.367 e. The molecule has 1 amide bonds. The molecule has 0 unspecified atom stereocenters. The topological polar surface area (TPSA) is 71.0 Å². The van der Waals surface area contributed by atoms with Crippen molar-refractivity contribution in [2.45, 2.75) is 38.9 Å². The maximum Gasteiger partial charge on any atom is 0.433 e. The van der Waals surface area contributed by atoms with Gasteiger partial charge in [-0.3, -0.25) is 4.79 Å². The monoisotopic (exact) mass is 385 g/mol. The van der Waals surface area contributed by atoms with Gasteiger partial charge in [-0.15, -0.1) is 11.3 Å². The van der Waals surface area contributed by atoms with Crippen LogP contribution in [0.2, 0.25) is 0 Å². The molecule has 0 saturated carbocycles. The number of nitrogens with one attached hydrogen (secondary N) is 1. The van der Waals surface area contributed by atoms with E-state index in [4.69, 9.17) is 0 Å². The van der Waals surface area contributed by atoms with Crippen LogP contribution in [-0.2, 0) is 6.18 Å². The number of aryl methyl sites for hydroxylation is 2. The van der Waals surface area contributed by atoms with Crippen molar-refractivity contribution < 1.29 is 18.0 Å². The first-order valence-electron chi connectivity index (χ1n) is 8.13. The molecule has 0 atom stereocenters. The normalized spacial score (nSPS) is 16.0. The van der Waals surface area contributed by atoms with Gasteiger partial charge < -0.3 is 10.2 Å². The summed E-state index contributed by atoms with van der Waals surface area (Å²) in [5.74, 6) is 0.110. The fourth-order valence-corrected chi connectivity index (χ4v) is 3.79. The zero-order valence-corrected chi connectivity index (χ0v) is 15.1. The fourth-order valence-electron chi connectivity index (χ4n) is 2.90. The first-order chi connectivity index (χ1) is 12.2. The first-order valence-corrected chi connectivity index (χ1v) is 8.95. The van der Waals surface area contributed by atoms with Crippen molar-refractivity contribution in [3.8, 4) is 0 Å². The predicted molar refractivity (Wildman–Crippen MR) is 91.2 cm³/mol. The summed E-state index contributed by atoms with van der Waals surface area (Å²) in [5.41, 5.74) is -0.239. The number of halogens is 3. The molecule has 0 aromatic carbocycles. The molecular weight excluding hydrogens is 367 g/mol. The number of amides is 1. The number of alkyl halides is 3. The number of hydrogen-bond donors (Lipinski definition) is 1. The highest BCUT2D eigenvalue weighted by Crippen LogP contribution is 2.29. The van der Waals surface area contributed by atoms with E-state index in [9.17, 15) is 18.0 Å². The lowest BCUT2D eigenvalue weighted by molar-refractivity contribution is -0.141. The lowest BCUT2D eigenvalue weighted by atomic mass is 10.0. The number of piperidine rings is 1.